The van der Waals surface area contributed by atoms with E-state index < -0.39 is 24.2 Å². The molecule has 0 radical (unpaired) electrons. The average molecular weight is 382 g/mol. The number of carbonyl (C=O) groups excluding carboxylic acids is 1. The number of amides is 1. The number of ether oxygens (including phenoxy) is 1. The molecule has 1 saturated heterocycles. The normalized spacial score (nSPS) is 17.4. The van der Waals surface area contributed by atoms with Crippen molar-refractivity contribution in [3.8, 4) is 5.75 Å². The lowest BCUT2D eigenvalue weighted by atomic mass is 10.0. The summed E-state index contributed by atoms with van der Waals surface area (Å²) in [5.74, 6) is -0.875. The maximum Gasteiger partial charge on any atom is 0.461 e. The Balaban J connectivity index is 1.70. The van der Waals surface area contributed by atoms with Crippen LogP contribution in [0.5, 0.6) is 5.75 Å². The van der Waals surface area contributed by atoms with Gasteiger partial charge in [-0.05, 0) is 43.0 Å². The Bertz CT molecular complexity index is 786. The van der Waals surface area contributed by atoms with Crippen LogP contribution in [-0.2, 0) is 6.42 Å². The second-order valence-electron chi connectivity index (χ2n) is 6.39. The molecule has 0 spiro atoms. The minimum absolute atomic E-state index is 0.156. The number of aromatic nitrogens is 1. The highest BCUT2D eigenvalue weighted by Gasteiger charge is 2.44. The zero-order valence-corrected chi connectivity index (χ0v) is 14.3. The summed E-state index contributed by atoms with van der Waals surface area (Å²) in [7, 11) is 0. The van der Waals surface area contributed by atoms with Gasteiger partial charge in [0.25, 0.3) is 5.91 Å². The summed E-state index contributed by atoms with van der Waals surface area (Å²) in [5, 5.41) is 0. The van der Waals surface area contributed by atoms with Crippen molar-refractivity contribution in [2.75, 3.05) is 13.1 Å². The lowest BCUT2D eigenvalue weighted by molar-refractivity contribution is -0.253. The Morgan fingerprint density at radius 2 is 1.96 bits per heavy atom. The minimum atomic E-state index is -4.66. The third-order valence-electron chi connectivity index (χ3n) is 4.41. The van der Waals surface area contributed by atoms with Crippen LogP contribution in [0.4, 0.5) is 17.6 Å². The van der Waals surface area contributed by atoms with Crippen LogP contribution >= 0.6 is 0 Å². The van der Waals surface area contributed by atoms with E-state index in [0.29, 0.717) is 19.5 Å². The van der Waals surface area contributed by atoms with E-state index in [1.54, 1.807) is 6.20 Å². The van der Waals surface area contributed by atoms with Crippen molar-refractivity contribution in [3.05, 3.63) is 59.9 Å². The smallest absolute Gasteiger partial charge is 0.427 e. The van der Waals surface area contributed by atoms with Crippen molar-refractivity contribution < 1.29 is 27.1 Å². The number of benzene rings is 1. The maximum atomic E-state index is 13.3. The van der Waals surface area contributed by atoms with Crippen LogP contribution in [0, 0.1) is 5.92 Å². The molecule has 4 nitrogen and oxygen atoms in total. The molecule has 1 aromatic heterocycles. The van der Waals surface area contributed by atoms with E-state index in [-0.39, 0.29) is 11.5 Å². The van der Waals surface area contributed by atoms with Gasteiger partial charge < -0.3 is 9.64 Å². The van der Waals surface area contributed by atoms with E-state index in [4.69, 9.17) is 0 Å². The van der Waals surface area contributed by atoms with Gasteiger partial charge in [0.1, 0.15) is 5.75 Å². The highest BCUT2D eigenvalue weighted by atomic mass is 19.3. The molecular weight excluding hydrogens is 364 g/mol. The maximum absolute atomic E-state index is 13.3. The number of hydrogen-bond donors (Lipinski definition) is 0. The molecule has 0 bridgehead atoms. The van der Waals surface area contributed by atoms with Crippen LogP contribution in [0.2, 0.25) is 0 Å². The van der Waals surface area contributed by atoms with Crippen molar-refractivity contribution in [3.63, 3.8) is 0 Å². The number of para-hydroxylation sites is 1. The monoisotopic (exact) mass is 382 g/mol. The van der Waals surface area contributed by atoms with Crippen LogP contribution in [0.1, 0.15) is 22.5 Å². The Morgan fingerprint density at radius 1 is 1.22 bits per heavy atom. The first-order valence-corrected chi connectivity index (χ1v) is 8.50. The van der Waals surface area contributed by atoms with Crippen molar-refractivity contribution >= 4 is 5.91 Å². The summed E-state index contributed by atoms with van der Waals surface area (Å²) in [6.07, 6.45) is -5.51. The van der Waals surface area contributed by atoms with Gasteiger partial charge in [-0.2, -0.15) is 17.6 Å². The molecule has 1 amide bonds. The number of alkyl halides is 4. The molecule has 27 heavy (non-hydrogen) atoms. The van der Waals surface area contributed by atoms with Crippen LogP contribution in [0.15, 0.2) is 48.7 Å². The molecule has 144 valence electrons. The van der Waals surface area contributed by atoms with Crippen LogP contribution in [-0.4, -0.2) is 41.4 Å². The second-order valence-corrected chi connectivity index (χ2v) is 6.39. The molecule has 0 saturated carbocycles. The Morgan fingerprint density at radius 3 is 2.67 bits per heavy atom. The first-order valence-electron chi connectivity index (χ1n) is 8.50. The summed E-state index contributed by atoms with van der Waals surface area (Å²) < 4.78 is 55.5. The fourth-order valence-corrected chi connectivity index (χ4v) is 3.09. The van der Waals surface area contributed by atoms with E-state index in [0.717, 1.165) is 18.2 Å². The van der Waals surface area contributed by atoms with Crippen LogP contribution in [0.25, 0.3) is 0 Å². The predicted octanol–water partition coefficient (Wildman–Crippen LogP) is 4.02. The van der Waals surface area contributed by atoms with E-state index in [1.807, 2.05) is 18.2 Å². The second kappa shape index (κ2) is 7.94. The zero-order chi connectivity index (χ0) is 19.4. The first kappa shape index (κ1) is 19.1. The highest BCUT2D eigenvalue weighted by molar-refractivity contribution is 5.97. The summed E-state index contributed by atoms with van der Waals surface area (Å²) in [4.78, 5) is 18.5. The number of likely N-dealkylation sites (tertiary alicyclic amines) is 1. The first-order chi connectivity index (χ1) is 12.9. The lowest BCUT2D eigenvalue weighted by Crippen LogP contribution is -2.35. The molecule has 3 rings (SSSR count). The average Bonchev–Trinajstić information content (AvgIpc) is 3.10. The molecule has 8 heteroatoms. The molecule has 0 N–H and O–H groups in total. The fraction of sp³-hybridized carbons (Fsp3) is 0.368. The number of pyridine rings is 1. The largest absolute Gasteiger partial charge is 0.461 e. The number of hydrogen-bond acceptors (Lipinski definition) is 3. The third kappa shape index (κ3) is 4.56. The van der Waals surface area contributed by atoms with Gasteiger partial charge >= 0.3 is 12.5 Å². The number of rotatable bonds is 6. The third-order valence-corrected chi connectivity index (χ3v) is 4.41. The molecule has 1 fully saturated rings. The fourth-order valence-electron chi connectivity index (χ4n) is 3.09. The highest BCUT2D eigenvalue weighted by Crippen LogP contribution is 2.31. The number of halogens is 4. The molecule has 1 unspecified atom stereocenters. The van der Waals surface area contributed by atoms with Crippen LogP contribution in [0.3, 0.4) is 0 Å². The van der Waals surface area contributed by atoms with Gasteiger partial charge in [0.05, 0.1) is 5.56 Å². The van der Waals surface area contributed by atoms with E-state index in [2.05, 4.69) is 9.72 Å². The quantitative estimate of drug-likeness (QED) is 0.709. The summed E-state index contributed by atoms with van der Waals surface area (Å²) in [6.45, 7) is 0.894. The molecule has 1 aromatic carbocycles. The van der Waals surface area contributed by atoms with Gasteiger partial charge in [0, 0.05) is 25.0 Å². The van der Waals surface area contributed by atoms with Gasteiger partial charge in [-0.25, -0.2) is 0 Å². The predicted molar refractivity (Wildman–Crippen MR) is 90.0 cm³/mol. The van der Waals surface area contributed by atoms with E-state index in [9.17, 15) is 22.4 Å². The van der Waals surface area contributed by atoms with Crippen molar-refractivity contribution in [1.82, 2.24) is 9.88 Å². The summed E-state index contributed by atoms with van der Waals surface area (Å²) >= 11 is 0. The Labute approximate surface area is 153 Å². The topological polar surface area (TPSA) is 42.4 Å². The lowest BCUT2D eigenvalue weighted by Gasteiger charge is -2.21. The molecule has 2 heterocycles. The van der Waals surface area contributed by atoms with Gasteiger partial charge in [-0.1, -0.05) is 18.2 Å². The van der Waals surface area contributed by atoms with E-state index in [1.165, 1.54) is 23.1 Å². The molecule has 1 aliphatic heterocycles. The number of nitrogens with zero attached hydrogens (tertiary/aromatic N) is 2. The molecular formula is C19H18F4N2O2. The van der Waals surface area contributed by atoms with Crippen molar-refractivity contribution in [1.29, 1.82) is 0 Å². The molecule has 2 aromatic rings. The molecule has 1 atom stereocenters. The molecule has 0 aliphatic carbocycles. The van der Waals surface area contributed by atoms with Gasteiger partial charge in [-0.15, -0.1) is 0 Å². The number of carbonyl (C=O) groups is 1. The van der Waals surface area contributed by atoms with Crippen LogP contribution < -0.4 is 4.74 Å². The minimum Gasteiger partial charge on any atom is -0.427 e. The van der Waals surface area contributed by atoms with Crippen molar-refractivity contribution in [2.24, 2.45) is 5.92 Å². The summed E-state index contributed by atoms with van der Waals surface area (Å²) in [6, 6.07) is 10.8. The van der Waals surface area contributed by atoms with Crippen molar-refractivity contribution in [2.45, 2.75) is 25.4 Å². The standard InChI is InChI=1S/C19H18F4N2O2/c20-18(21)19(22,23)27-16-7-2-1-6-15(16)17(26)25-10-8-13(12-25)11-14-5-3-4-9-24-14/h1-7,9,13,18H,8,10-12H2. The SMILES string of the molecule is O=C(c1ccccc1OC(F)(F)C(F)F)N1CCC(Cc2ccccn2)C1. The molecule has 1 aliphatic rings. The van der Waals surface area contributed by atoms with Gasteiger partial charge in [0.2, 0.25) is 0 Å². The van der Waals surface area contributed by atoms with E-state index >= 15 is 0 Å². The van der Waals surface area contributed by atoms with Gasteiger partial charge in [-0.3, -0.25) is 9.78 Å². The zero-order valence-electron chi connectivity index (χ0n) is 14.3. The Kier molecular flexibility index (Phi) is 5.62. The van der Waals surface area contributed by atoms with Gasteiger partial charge in [0.15, 0.2) is 0 Å². The summed E-state index contributed by atoms with van der Waals surface area (Å²) in [5.41, 5.74) is 0.758. The Hall–Kier alpha value is -2.64.